The molecule has 1 amide bonds. The highest BCUT2D eigenvalue weighted by Crippen LogP contribution is 2.29. The van der Waals surface area contributed by atoms with Gasteiger partial charge in [0.15, 0.2) is 5.76 Å². The van der Waals surface area contributed by atoms with Crippen LogP contribution >= 0.6 is 0 Å². The lowest BCUT2D eigenvalue weighted by molar-refractivity contribution is 0.0875. The molecule has 0 radical (unpaired) electrons. The van der Waals surface area contributed by atoms with Crippen molar-refractivity contribution < 1.29 is 22.7 Å². The van der Waals surface area contributed by atoms with Crippen LogP contribution in [0.25, 0.3) is 0 Å². The van der Waals surface area contributed by atoms with Gasteiger partial charge in [-0.15, -0.1) is 0 Å². The second-order valence-corrected chi connectivity index (χ2v) is 8.95. The van der Waals surface area contributed by atoms with E-state index >= 15 is 0 Å². The minimum Gasteiger partial charge on any atom is -0.438 e. The highest BCUT2D eigenvalue weighted by molar-refractivity contribution is 7.89. The molecule has 0 aliphatic carbocycles. The fraction of sp³-hybridized carbons (Fsp3) is 0.706. The van der Waals surface area contributed by atoms with E-state index in [9.17, 15) is 18.3 Å². The summed E-state index contributed by atoms with van der Waals surface area (Å²) in [5.74, 6) is -0.527. The first-order chi connectivity index (χ1) is 11.5. The number of hydrogen-bond donors (Lipinski definition) is 3. The van der Waals surface area contributed by atoms with Crippen LogP contribution in [0.1, 0.15) is 64.4 Å². The first-order valence-electron chi connectivity index (χ1n) is 8.51. The molecule has 0 spiro atoms. The van der Waals surface area contributed by atoms with E-state index in [2.05, 4.69) is 10.0 Å². The van der Waals surface area contributed by atoms with Crippen molar-refractivity contribution in [3.8, 4) is 0 Å². The average molecular weight is 375 g/mol. The second kappa shape index (κ2) is 8.33. The number of nitrogens with one attached hydrogen (secondary N) is 2. The van der Waals surface area contributed by atoms with Crippen LogP contribution < -0.4 is 10.0 Å². The number of furan rings is 1. The van der Waals surface area contributed by atoms with Crippen molar-refractivity contribution >= 4 is 15.9 Å². The summed E-state index contributed by atoms with van der Waals surface area (Å²) in [4.78, 5) is 12.3. The van der Waals surface area contributed by atoms with Crippen molar-refractivity contribution in [3.63, 3.8) is 0 Å². The minimum atomic E-state index is -3.82. The van der Waals surface area contributed by atoms with Gasteiger partial charge in [-0.2, -0.15) is 0 Å². The molecule has 0 aliphatic rings. The molecule has 8 heteroatoms. The van der Waals surface area contributed by atoms with Crippen molar-refractivity contribution in [2.24, 2.45) is 5.41 Å². The lowest BCUT2D eigenvalue weighted by Crippen LogP contribution is -2.40. The predicted molar refractivity (Wildman–Crippen MR) is 95.8 cm³/mol. The van der Waals surface area contributed by atoms with Gasteiger partial charge in [-0.3, -0.25) is 4.79 Å². The number of carbonyl (C=O) groups excluding carboxylic acids is 1. The Morgan fingerprint density at radius 3 is 2.28 bits per heavy atom. The van der Waals surface area contributed by atoms with Crippen LogP contribution in [-0.4, -0.2) is 38.1 Å². The third-order valence-electron chi connectivity index (χ3n) is 4.28. The summed E-state index contributed by atoms with van der Waals surface area (Å²) in [6.07, 6.45) is 2.23. The Hall–Kier alpha value is -1.38. The van der Waals surface area contributed by atoms with E-state index in [0.29, 0.717) is 13.0 Å². The molecule has 0 fully saturated rings. The van der Waals surface area contributed by atoms with Gasteiger partial charge in [0.05, 0.1) is 0 Å². The molecule has 3 N–H and O–H groups in total. The first-order valence-corrected chi connectivity index (χ1v) is 10.00. The number of rotatable bonds is 9. The summed E-state index contributed by atoms with van der Waals surface area (Å²) in [5.41, 5.74) is -0.833. The molecule has 0 bridgehead atoms. The molecule has 1 heterocycles. The van der Waals surface area contributed by atoms with Crippen LogP contribution in [0.4, 0.5) is 0 Å². The molecule has 0 atom stereocenters. The van der Waals surface area contributed by atoms with Gasteiger partial charge in [0.1, 0.15) is 0 Å². The third-order valence-corrected chi connectivity index (χ3v) is 5.91. The molecule has 1 rings (SSSR count). The Labute approximate surface area is 150 Å². The summed E-state index contributed by atoms with van der Waals surface area (Å²) in [7, 11) is -3.82. The number of sulfonamides is 1. The summed E-state index contributed by atoms with van der Waals surface area (Å²) < 4.78 is 32.1. The predicted octanol–water partition coefficient (Wildman–Crippen LogP) is 2.28. The van der Waals surface area contributed by atoms with Crippen LogP contribution in [-0.2, 0) is 10.0 Å². The molecular weight excluding hydrogens is 344 g/mol. The molecule has 1 aromatic heterocycles. The second-order valence-electron chi connectivity index (χ2n) is 7.34. The maximum Gasteiger partial charge on any atom is 0.287 e. The van der Waals surface area contributed by atoms with Crippen molar-refractivity contribution in [3.05, 3.63) is 17.9 Å². The third kappa shape index (κ3) is 6.13. The van der Waals surface area contributed by atoms with Gasteiger partial charge >= 0.3 is 0 Å². The van der Waals surface area contributed by atoms with Gasteiger partial charge in [-0.25, -0.2) is 13.1 Å². The van der Waals surface area contributed by atoms with Crippen LogP contribution in [0, 0.1) is 5.41 Å². The Morgan fingerprint density at radius 2 is 1.80 bits per heavy atom. The smallest absolute Gasteiger partial charge is 0.287 e. The van der Waals surface area contributed by atoms with Crippen molar-refractivity contribution in [1.29, 1.82) is 0 Å². The van der Waals surface area contributed by atoms with E-state index in [1.54, 1.807) is 20.8 Å². The Morgan fingerprint density at radius 1 is 1.20 bits per heavy atom. The molecule has 0 saturated heterocycles. The van der Waals surface area contributed by atoms with Gasteiger partial charge in [0, 0.05) is 18.7 Å². The lowest BCUT2D eigenvalue weighted by atomic mass is 9.79. The van der Waals surface area contributed by atoms with Crippen molar-refractivity contribution in [2.45, 2.75) is 64.5 Å². The number of hydrogen-bond acceptors (Lipinski definition) is 5. The van der Waals surface area contributed by atoms with E-state index in [4.69, 9.17) is 4.42 Å². The number of aliphatic hydroxyl groups excluding tert-OH is 1. The standard InChI is InChI=1S/C17H30N2O5S/c1-6-17(7-2,10-11-20)12-18-15(21)13-8-9-14(24-13)25(22,23)19-16(3,4)5/h8-9,19-20H,6-7,10-12H2,1-5H3,(H,18,21). The van der Waals surface area contributed by atoms with E-state index < -0.39 is 21.5 Å². The molecule has 0 saturated carbocycles. The highest BCUT2D eigenvalue weighted by atomic mass is 32.2. The van der Waals surface area contributed by atoms with Crippen molar-refractivity contribution in [1.82, 2.24) is 10.0 Å². The molecule has 7 nitrogen and oxygen atoms in total. The van der Waals surface area contributed by atoms with Gasteiger partial charge in [0.2, 0.25) is 5.09 Å². The summed E-state index contributed by atoms with van der Waals surface area (Å²) in [6, 6.07) is 2.61. The van der Waals surface area contributed by atoms with Crippen LogP contribution in [0.2, 0.25) is 0 Å². The molecule has 0 aromatic carbocycles. The lowest BCUT2D eigenvalue weighted by Gasteiger charge is -2.31. The topological polar surface area (TPSA) is 109 Å². The first kappa shape index (κ1) is 21.7. The fourth-order valence-electron chi connectivity index (χ4n) is 2.57. The van der Waals surface area contributed by atoms with Crippen molar-refractivity contribution in [2.75, 3.05) is 13.2 Å². The summed E-state index contributed by atoms with van der Waals surface area (Å²) in [5, 5.41) is 11.7. The van der Waals surface area contributed by atoms with Gasteiger partial charge in [-0.05, 0) is 57.6 Å². The molecule has 25 heavy (non-hydrogen) atoms. The maximum atomic E-state index is 12.3. The SMILES string of the molecule is CCC(CC)(CCO)CNC(=O)c1ccc(S(=O)(=O)NC(C)(C)C)o1. The molecule has 144 valence electrons. The van der Waals surface area contributed by atoms with Crippen LogP contribution in [0.15, 0.2) is 21.6 Å². The molecular formula is C17H30N2O5S. The number of aliphatic hydroxyl groups is 1. The van der Waals surface area contributed by atoms with E-state index in [1.165, 1.54) is 12.1 Å². The Kier molecular flexibility index (Phi) is 7.22. The number of amides is 1. The van der Waals surface area contributed by atoms with Crippen LogP contribution in [0.5, 0.6) is 0 Å². The monoisotopic (exact) mass is 374 g/mol. The quantitative estimate of drug-likeness (QED) is 0.614. The van der Waals surface area contributed by atoms with Gasteiger partial charge < -0.3 is 14.8 Å². The summed E-state index contributed by atoms with van der Waals surface area (Å²) in [6.45, 7) is 9.63. The molecule has 0 unspecified atom stereocenters. The number of carbonyl (C=O) groups is 1. The molecule has 0 aliphatic heterocycles. The van der Waals surface area contributed by atoms with Gasteiger partial charge in [-0.1, -0.05) is 13.8 Å². The van der Waals surface area contributed by atoms with E-state index in [-0.39, 0.29) is 22.9 Å². The fourth-order valence-corrected chi connectivity index (χ4v) is 3.93. The van der Waals surface area contributed by atoms with E-state index in [1.807, 2.05) is 13.8 Å². The largest absolute Gasteiger partial charge is 0.438 e. The highest BCUT2D eigenvalue weighted by Gasteiger charge is 2.28. The Bertz CT molecular complexity index is 669. The maximum absolute atomic E-state index is 12.3. The average Bonchev–Trinajstić information content (AvgIpc) is 3.00. The van der Waals surface area contributed by atoms with Crippen LogP contribution in [0.3, 0.4) is 0 Å². The zero-order valence-electron chi connectivity index (χ0n) is 15.7. The zero-order chi connectivity index (χ0) is 19.3. The summed E-state index contributed by atoms with van der Waals surface area (Å²) >= 11 is 0. The van der Waals surface area contributed by atoms with Gasteiger partial charge in [0.25, 0.3) is 15.9 Å². The van der Waals surface area contributed by atoms with E-state index in [0.717, 1.165) is 12.8 Å². The normalized spacial score (nSPS) is 13.0. The minimum absolute atomic E-state index is 0.0547. The zero-order valence-corrected chi connectivity index (χ0v) is 16.5. The Balaban J connectivity index is 2.84. The molecule has 1 aromatic rings.